The summed E-state index contributed by atoms with van der Waals surface area (Å²) in [4.78, 5) is 0. The maximum atomic E-state index is 5.34. The summed E-state index contributed by atoms with van der Waals surface area (Å²) in [5, 5.41) is 2.97. The Kier molecular flexibility index (Phi) is 5.69. The van der Waals surface area contributed by atoms with Gasteiger partial charge in [0.05, 0.1) is 0 Å². The van der Waals surface area contributed by atoms with Gasteiger partial charge in [-0.25, -0.2) is 0 Å². The molecule has 0 aliphatic rings. The maximum absolute atomic E-state index is 5.34. The molecule has 0 radical (unpaired) electrons. The molecule has 0 amide bonds. The van der Waals surface area contributed by atoms with E-state index < -0.39 is 0 Å². The zero-order valence-corrected chi connectivity index (χ0v) is 5.20. The molecule has 0 rings (SSSR count). The van der Waals surface area contributed by atoms with Crippen LogP contribution in [0.3, 0.4) is 0 Å². The molecule has 0 aromatic rings. The minimum absolute atomic E-state index is 0.671. The first-order valence-electron chi connectivity index (χ1n) is 2.32. The van der Waals surface area contributed by atoms with Gasteiger partial charge in [-0.2, -0.15) is 0 Å². The number of hydrogen-bond acceptors (Lipinski definition) is 1. The van der Waals surface area contributed by atoms with E-state index in [1.165, 1.54) is 0 Å². The fraction of sp³-hybridized carbons (Fsp3) is 0.600. The van der Waals surface area contributed by atoms with Gasteiger partial charge in [-0.3, -0.25) is 0 Å². The standard InChI is InChI=1S/C5H10ClN/c1-2-4-7-5-3-6/h2,4,7H,3,5H2,1H3. The van der Waals surface area contributed by atoms with Gasteiger partial charge in [0.15, 0.2) is 0 Å². The summed E-state index contributed by atoms with van der Waals surface area (Å²) >= 11 is 5.34. The Hall–Kier alpha value is -0.170. The highest BCUT2D eigenvalue weighted by atomic mass is 35.5. The van der Waals surface area contributed by atoms with Gasteiger partial charge in [0, 0.05) is 12.4 Å². The van der Waals surface area contributed by atoms with Gasteiger partial charge in [-0.15, -0.1) is 11.6 Å². The first kappa shape index (κ1) is 6.83. The summed E-state index contributed by atoms with van der Waals surface area (Å²) < 4.78 is 0. The third-order valence-electron chi connectivity index (χ3n) is 0.523. The Morgan fingerprint density at radius 1 is 1.71 bits per heavy atom. The van der Waals surface area contributed by atoms with Crippen molar-refractivity contribution >= 4 is 11.6 Å². The molecule has 0 spiro atoms. The number of nitrogens with one attached hydrogen (secondary N) is 1. The highest BCUT2D eigenvalue weighted by Gasteiger charge is 1.70. The van der Waals surface area contributed by atoms with Crippen LogP contribution in [-0.2, 0) is 0 Å². The van der Waals surface area contributed by atoms with Crippen molar-refractivity contribution in [2.75, 3.05) is 12.4 Å². The molecule has 0 atom stereocenters. The van der Waals surface area contributed by atoms with E-state index in [-0.39, 0.29) is 0 Å². The van der Waals surface area contributed by atoms with Crippen LogP contribution in [0, 0.1) is 0 Å². The van der Waals surface area contributed by atoms with Gasteiger partial charge >= 0.3 is 0 Å². The topological polar surface area (TPSA) is 12.0 Å². The van der Waals surface area contributed by atoms with E-state index >= 15 is 0 Å². The molecule has 0 fully saturated rings. The second-order valence-electron chi connectivity index (χ2n) is 1.14. The van der Waals surface area contributed by atoms with Gasteiger partial charge in [0.1, 0.15) is 0 Å². The quantitative estimate of drug-likeness (QED) is 0.437. The molecule has 2 heteroatoms. The number of halogens is 1. The fourth-order valence-corrected chi connectivity index (χ4v) is 0.365. The lowest BCUT2D eigenvalue weighted by atomic mass is 10.6. The largest absolute Gasteiger partial charge is 0.390 e. The Morgan fingerprint density at radius 3 is 2.86 bits per heavy atom. The third kappa shape index (κ3) is 5.83. The van der Waals surface area contributed by atoms with Gasteiger partial charge in [0.2, 0.25) is 0 Å². The molecule has 0 saturated heterocycles. The van der Waals surface area contributed by atoms with Crippen LogP contribution in [0.1, 0.15) is 6.92 Å². The van der Waals surface area contributed by atoms with Crippen LogP contribution in [0.5, 0.6) is 0 Å². The first-order chi connectivity index (χ1) is 3.41. The van der Waals surface area contributed by atoms with Crippen molar-refractivity contribution in [2.45, 2.75) is 6.92 Å². The van der Waals surface area contributed by atoms with Crippen molar-refractivity contribution in [2.24, 2.45) is 0 Å². The minimum atomic E-state index is 0.671. The van der Waals surface area contributed by atoms with E-state index in [2.05, 4.69) is 5.32 Å². The third-order valence-corrected chi connectivity index (χ3v) is 0.712. The molecule has 0 saturated carbocycles. The van der Waals surface area contributed by atoms with E-state index in [0.717, 1.165) is 6.54 Å². The Labute approximate surface area is 49.4 Å². The van der Waals surface area contributed by atoms with E-state index in [1.807, 2.05) is 19.2 Å². The summed E-state index contributed by atoms with van der Waals surface area (Å²) in [5.74, 6) is 0.671. The first-order valence-corrected chi connectivity index (χ1v) is 2.85. The molecule has 0 bridgehead atoms. The van der Waals surface area contributed by atoms with Crippen LogP contribution in [0.25, 0.3) is 0 Å². The maximum Gasteiger partial charge on any atom is 0.0396 e. The Bertz CT molecular complexity index is 52.0. The summed E-state index contributed by atoms with van der Waals surface area (Å²) in [6.07, 6.45) is 3.81. The van der Waals surface area contributed by atoms with Crippen LogP contribution in [-0.4, -0.2) is 12.4 Å². The normalized spacial score (nSPS) is 10.0. The van der Waals surface area contributed by atoms with Crippen molar-refractivity contribution in [1.29, 1.82) is 0 Å². The van der Waals surface area contributed by atoms with Crippen molar-refractivity contribution < 1.29 is 0 Å². The number of rotatable bonds is 3. The number of hydrogen-bond donors (Lipinski definition) is 1. The van der Waals surface area contributed by atoms with Gasteiger partial charge in [0.25, 0.3) is 0 Å². The van der Waals surface area contributed by atoms with Crippen LogP contribution in [0.2, 0.25) is 0 Å². The number of alkyl halides is 1. The van der Waals surface area contributed by atoms with Crippen LogP contribution in [0.15, 0.2) is 12.3 Å². The molecule has 0 unspecified atom stereocenters. The lowest BCUT2D eigenvalue weighted by Gasteiger charge is -1.89. The van der Waals surface area contributed by atoms with Gasteiger partial charge in [-0.1, -0.05) is 6.08 Å². The van der Waals surface area contributed by atoms with E-state index in [1.54, 1.807) is 0 Å². The van der Waals surface area contributed by atoms with Crippen LogP contribution >= 0.6 is 11.6 Å². The number of allylic oxidation sites excluding steroid dienone is 1. The summed E-state index contributed by atoms with van der Waals surface area (Å²) in [6, 6.07) is 0. The highest BCUT2D eigenvalue weighted by Crippen LogP contribution is 1.69. The predicted octanol–water partition coefficient (Wildman–Crippen LogP) is 1.35. The molecular weight excluding hydrogens is 110 g/mol. The van der Waals surface area contributed by atoms with Gasteiger partial charge in [-0.05, 0) is 13.1 Å². The molecule has 0 aromatic heterocycles. The Balaban J connectivity index is 2.69. The monoisotopic (exact) mass is 119 g/mol. The van der Waals surface area contributed by atoms with Crippen molar-refractivity contribution in [1.82, 2.24) is 5.32 Å². The molecule has 0 aliphatic heterocycles. The SMILES string of the molecule is CC=CNCCCl. The average molecular weight is 120 g/mol. The molecule has 0 aliphatic carbocycles. The lowest BCUT2D eigenvalue weighted by molar-refractivity contribution is 0.923. The zero-order chi connectivity index (χ0) is 5.54. The molecule has 7 heavy (non-hydrogen) atoms. The molecule has 1 N–H and O–H groups in total. The van der Waals surface area contributed by atoms with Crippen molar-refractivity contribution in [3.63, 3.8) is 0 Å². The van der Waals surface area contributed by atoms with E-state index in [0.29, 0.717) is 5.88 Å². The minimum Gasteiger partial charge on any atom is -0.390 e. The second-order valence-corrected chi connectivity index (χ2v) is 1.52. The van der Waals surface area contributed by atoms with E-state index in [4.69, 9.17) is 11.6 Å². The fourth-order valence-electron chi connectivity index (χ4n) is 0.256. The molecular formula is C5H10ClN. The Morgan fingerprint density at radius 2 is 2.43 bits per heavy atom. The van der Waals surface area contributed by atoms with Crippen molar-refractivity contribution in [3.8, 4) is 0 Å². The molecule has 0 aromatic carbocycles. The summed E-state index contributed by atoms with van der Waals surface area (Å²) in [7, 11) is 0. The molecule has 1 nitrogen and oxygen atoms in total. The predicted molar refractivity (Wildman–Crippen MR) is 33.5 cm³/mol. The van der Waals surface area contributed by atoms with E-state index in [9.17, 15) is 0 Å². The summed E-state index contributed by atoms with van der Waals surface area (Å²) in [5.41, 5.74) is 0. The summed E-state index contributed by atoms with van der Waals surface area (Å²) in [6.45, 7) is 2.81. The van der Waals surface area contributed by atoms with Crippen molar-refractivity contribution in [3.05, 3.63) is 12.3 Å². The lowest BCUT2D eigenvalue weighted by Crippen LogP contribution is -2.06. The zero-order valence-electron chi connectivity index (χ0n) is 4.45. The van der Waals surface area contributed by atoms with Crippen LogP contribution in [0.4, 0.5) is 0 Å². The smallest absolute Gasteiger partial charge is 0.0396 e. The second kappa shape index (κ2) is 5.83. The van der Waals surface area contributed by atoms with Gasteiger partial charge < -0.3 is 5.32 Å². The molecule has 42 valence electrons. The van der Waals surface area contributed by atoms with Crippen LogP contribution < -0.4 is 5.32 Å². The highest BCUT2D eigenvalue weighted by molar-refractivity contribution is 6.18. The average Bonchev–Trinajstić information content (AvgIpc) is 1.69. The molecule has 0 heterocycles.